The summed E-state index contributed by atoms with van der Waals surface area (Å²) in [6.45, 7) is 11.6. The highest BCUT2D eigenvalue weighted by molar-refractivity contribution is 5.91. The smallest absolute Gasteiger partial charge is 0.249 e. The predicted molar refractivity (Wildman–Crippen MR) is 119 cm³/mol. The summed E-state index contributed by atoms with van der Waals surface area (Å²) in [4.78, 5) is 21.3. The van der Waals surface area contributed by atoms with Crippen LogP contribution in [0.1, 0.15) is 52.5 Å². The number of hydrogen-bond acceptors (Lipinski definition) is 3. The van der Waals surface area contributed by atoms with Gasteiger partial charge >= 0.3 is 0 Å². The number of amides is 1. The number of carbonyl (C=O) groups excluding carboxylic acids is 1. The molecule has 1 amide bonds. The van der Waals surface area contributed by atoms with Crippen LogP contribution in [0.25, 0.3) is 0 Å². The molecule has 5 rings (SSSR count). The van der Waals surface area contributed by atoms with Crippen LogP contribution in [0.4, 0.5) is 0 Å². The van der Waals surface area contributed by atoms with E-state index in [-0.39, 0.29) is 11.9 Å². The van der Waals surface area contributed by atoms with Gasteiger partial charge in [-0.25, -0.2) is 0 Å². The molecule has 4 heteroatoms. The number of nitrogens with zero attached hydrogens (tertiary/aromatic N) is 2. The van der Waals surface area contributed by atoms with Crippen LogP contribution in [0, 0.1) is 29.6 Å². The van der Waals surface area contributed by atoms with Gasteiger partial charge in [-0.3, -0.25) is 14.7 Å². The van der Waals surface area contributed by atoms with Gasteiger partial charge in [-0.05, 0) is 61.0 Å². The van der Waals surface area contributed by atoms with Crippen LogP contribution in [-0.4, -0.2) is 41.7 Å². The summed E-state index contributed by atoms with van der Waals surface area (Å²) in [5, 5.41) is 3.28. The molecule has 3 heterocycles. The molecule has 1 saturated heterocycles. The average Bonchev–Trinajstić information content (AvgIpc) is 2.70. The summed E-state index contributed by atoms with van der Waals surface area (Å²) in [6.07, 6.45) is 5.52. The molecule has 0 radical (unpaired) electrons. The third-order valence-corrected chi connectivity index (χ3v) is 7.23. The zero-order chi connectivity index (χ0) is 20.6. The average molecular weight is 396 g/mol. The van der Waals surface area contributed by atoms with Crippen LogP contribution in [-0.2, 0) is 11.3 Å². The molecule has 1 aliphatic carbocycles. The molecule has 0 unspecified atom stereocenters. The topological polar surface area (TPSA) is 44.7 Å². The molecular weight excluding hydrogens is 358 g/mol. The zero-order valence-corrected chi connectivity index (χ0v) is 18.5. The van der Waals surface area contributed by atoms with Gasteiger partial charge in [-0.2, -0.15) is 0 Å². The van der Waals surface area contributed by atoms with Crippen molar-refractivity contribution < 1.29 is 4.79 Å². The summed E-state index contributed by atoms with van der Waals surface area (Å²) in [5.41, 5.74) is 0.730. The first-order valence-electron chi connectivity index (χ1n) is 11.5. The molecule has 3 aliphatic heterocycles. The molecule has 1 N–H and O–H groups in total. The van der Waals surface area contributed by atoms with Gasteiger partial charge in [0.2, 0.25) is 5.91 Å². The highest BCUT2D eigenvalue weighted by Crippen LogP contribution is 2.54. The fourth-order valence-corrected chi connectivity index (χ4v) is 6.07. The summed E-state index contributed by atoms with van der Waals surface area (Å²) < 4.78 is 0. The van der Waals surface area contributed by atoms with Crippen molar-refractivity contribution in [2.24, 2.45) is 34.6 Å². The maximum atomic E-state index is 13.7. The fraction of sp³-hybridized carbons (Fsp3) is 0.680. The first kappa shape index (κ1) is 20.6. The monoisotopic (exact) mass is 395 g/mol. The van der Waals surface area contributed by atoms with Crippen molar-refractivity contribution in [2.75, 3.05) is 13.1 Å². The minimum Gasteiger partial charge on any atom is -0.354 e. The summed E-state index contributed by atoms with van der Waals surface area (Å²) in [6, 6.07) is 10.9. The van der Waals surface area contributed by atoms with Gasteiger partial charge in [-0.15, -0.1) is 0 Å². The van der Waals surface area contributed by atoms with Crippen molar-refractivity contribution in [1.29, 1.82) is 0 Å². The minimum absolute atomic E-state index is 0.169. The Bertz CT molecular complexity index is 744. The number of carbonyl (C=O) groups is 1. The van der Waals surface area contributed by atoms with Crippen LogP contribution in [0.5, 0.6) is 0 Å². The summed E-state index contributed by atoms with van der Waals surface area (Å²) in [7, 11) is 0. The van der Waals surface area contributed by atoms with Gasteiger partial charge in [0.05, 0.1) is 0 Å². The number of aliphatic imine (C=N–C) groups is 1. The zero-order valence-electron chi connectivity index (χ0n) is 18.5. The van der Waals surface area contributed by atoms with Crippen molar-refractivity contribution in [3.05, 3.63) is 35.9 Å². The van der Waals surface area contributed by atoms with Gasteiger partial charge in [0, 0.05) is 25.3 Å². The van der Waals surface area contributed by atoms with Gasteiger partial charge in [0.1, 0.15) is 0 Å². The van der Waals surface area contributed by atoms with Crippen molar-refractivity contribution in [3.63, 3.8) is 0 Å². The van der Waals surface area contributed by atoms with E-state index in [1.807, 2.05) is 0 Å². The molecule has 4 bridgehead atoms. The van der Waals surface area contributed by atoms with E-state index < -0.39 is 5.54 Å². The lowest BCUT2D eigenvalue weighted by atomic mass is 9.54. The van der Waals surface area contributed by atoms with Crippen LogP contribution >= 0.6 is 0 Å². The van der Waals surface area contributed by atoms with Crippen molar-refractivity contribution in [1.82, 2.24) is 10.2 Å². The first-order chi connectivity index (χ1) is 13.9. The predicted octanol–water partition coefficient (Wildman–Crippen LogP) is 4.15. The number of nitrogens with one attached hydrogen (secondary N) is 1. The maximum Gasteiger partial charge on any atom is 0.249 e. The number of benzene rings is 1. The molecule has 4 nitrogen and oxygen atoms in total. The molecule has 2 fully saturated rings. The Morgan fingerprint density at radius 3 is 2.66 bits per heavy atom. The second kappa shape index (κ2) is 8.22. The third-order valence-electron chi connectivity index (χ3n) is 7.23. The molecule has 1 aromatic rings. The molecule has 1 saturated carbocycles. The van der Waals surface area contributed by atoms with E-state index in [2.05, 4.69) is 74.5 Å². The molecule has 5 atom stereocenters. The van der Waals surface area contributed by atoms with E-state index in [0.29, 0.717) is 29.6 Å². The van der Waals surface area contributed by atoms with Crippen molar-refractivity contribution >= 4 is 12.1 Å². The quantitative estimate of drug-likeness (QED) is 0.754. The molecule has 4 aliphatic rings. The number of rotatable bonds is 7. The molecule has 1 aromatic carbocycles. The second-order valence-electron chi connectivity index (χ2n) is 10.3. The first-order valence-corrected chi connectivity index (χ1v) is 11.5. The molecular formula is C25H37N3O. The standard InChI is InChI=1S/C25H37N3O/c1-17(2)12-22-20-13-21-10-11-28(16-19-8-6-5-7-9-19)23(22)25(21,27-15-20)24(29)26-14-18(3)4/h5-9,15,17-18,20-23H,10-14,16H2,1-4H3,(H,26,29)/t20-,21+,22+,23-,25-/m0/s1. The summed E-state index contributed by atoms with van der Waals surface area (Å²) in [5.74, 6) is 2.66. The largest absolute Gasteiger partial charge is 0.354 e. The SMILES string of the molecule is CC(C)CNC(=O)[C@]12N=C[C@@H]3C[C@H]1CCN(Cc1ccccc1)[C@H]2[C@@H]3CC(C)C. The van der Waals surface area contributed by atoms with Gasteiger partial charge in [0.15, 0.2) is 5.54 Å². The number of piperidine rings is 1. The van der Waals surface area contributed by atoms with Gasteiger partial charge in [-0.1, -0.05) is 58.0 Å². The lowest BCUT2D eigenvalue weighted by molar-refractivity contribution is -0.145. The van der Waals surface area contributed by atoms with E-state index in [0.717, 1.165) is 32.5 Å². The van der Waals surface area contributed by atoms with E-state index in [1.165, 1.54) is 12.0 Å². The minimum atomic E-state index is -0.601. The highest BCUT2D eigenvalue weighted by Gasteiger charge is 2.64. The van der Waals surface area contributed by atoms with Gasteiger partial charge < -0.3 is 5.32 Å². The van der Waals surface area contributed by atoms with Crippen LogP contribution in [0.3, 0.4) is 0 Å². The third kappa shape index (κ3) is 3.76. The Kier molecular flexibility index (Phi) is 5.83. The fourth-order valence-electron chi connectivity index (χ4n) is 6.07. The Balaban J connectivity index is 1.70. The van der Waals surface area contributed by atoms with Crippen LogP contribution in [0.15, 0.2) is 35.3 Å². The van der Waals surface area contributed by atoms with E-state index >= 15 is 0 Å². The Morgan fingerprint density at radius 2 is 1.97 bits per heavy atom. The Labute approximate surface area is 176 Å². The van der Waals surface area contributed by atoms with E-state index in [1.54, 1.807) is 0 Å². The number of likely N-dealkylation sites (tertiary alicyclic amines) is 1. The molecule has 0 spiro atoms. The van der Waals surface area contributed by atoms with Crippen LogP contribution in [0.2, 0.25) is 0 Å². The molecule has 29 heavy (non-hydrogen) atoms. The van der Waals surface area contributed by atoms with Crippen molar-refractivity contribution in [3.8, 4) is 0 Å². The Hall–Kier alpha value is -1.68. The van der Waals surface area contributed by atoms with Crippen molar-refractivity contribution in [2.45, 2.75) is 65.1 Å². The maximum absolute atomic E-state index is 13.7. The number of hydrogen-bond donors (Lipinski definition) is 1. The second-order valence-corrected chi connectivity index (χ2v) is 10.3. The normalized spacial score (nSPS) is 33.4. The lowest BCUT2D eigenvalue weighted by Gasteiger charge is -2.61. The molecule has 158 valence electrons. The summed E-state index contributed by atoms with van der Waals surface area (Å²) >= 11 is 0. The van der Waals surface area contributed by atoms with E-state index in [9.17, 15) is 4.79 Å². The van der Waals surface area contributed by atoms with Gasteiger partial charge in [0.25, 0.3) is 0 Å². The van der Waals surface area contributed by atoms with E-state index in [4.69, 9.17) is 4.99 Å². The molecule has 0 aromatic heterocycles. The Morgan fingerprint density at radius 1 is 1.21 bits per heavy atom. The lowest BCUT2D eigenvalue weighted by Crippen LogP contribution is -2.74. The highest BCUT2D eigenvalue weighted by atomic mass is 16.2. The van der Waals surface area contributed by atoms with Crippen LogP contribution < -0.4 is 5.32 Å².